The van der Waals surface area contributed by atoms with Crippen molar-refractivity contribution in [2.24, 2.45) is 0 Å². The average molecular weight is 239 g/mol. The summed E-state index contributed by atoms with van der Waals surface area (Å²) in [4.78, 5) is 12.4. The molecule has 1 rings (SSSR count). The van der Waals surface area contributed by atoms with E-state index in [0.717, 1.165) is 11.3 Å². The van der Waals surface area contributed by atoms with E-state index >= 15 is 0 Å². The van der Waals surface area contributed by atoms with E-state index in [2.05, 4.69) is 5.32 Å². The lowest BCUT2D eigenvalue weighted by Gasteiger charge is -2.10. The fourth-order valence-corrected chi connectivity index (χ4v) is 1.90. The summed E-state index contributed by atoms with van der Waals surface area (Å²) in [6, 6.07) is 7.13. The maximum absolute atomic E-state index is 11.5. The number of phenolic OH excluding ortho intramolecular Hbond substituents is 1. The second-order valence-electron chi connectivity index (χ2n) is 3.66. The number of carbonyl (C=O) groups is 1. The first kappa shape index (κ1) is 12.9. The van der Waals surface area contributed by atoms with Gasteiger partial charge in [0.25, 0.3) is 0 Å². The number of rotatable bonds is 5. The van der Waals surface area contributed by atoms with E-state index in [-0.39, 0.29) is 17.7 Å². The van der Waals surface area contributed by atoms with E-state index in [9.17, 15) is 9.90 Å². The van der Waals surface area contributed by atoms with Gasteiger partial charge in [-0.15, -0.1) is 11.8 Å². The van der Waals surface area contributed by atoms with E-state index in [1.807, 2.05) is 19.9 Å². The fraction of sp³-hybridized carbons (Fsp3) is 0.417. The van der Waals surface area contributed by atoms with E-state index in [1.165, 1.54) is 11.8 Å². The number of hydrogen-bond acceptors (Lipinski definition) is 3. The van der Waals surface area contributed by atoms with Crippen LogP contribution in [0.2, 0.25) is 0 Å². The van der Waals surface area contributed by atoms with Gasteiger partial charge >= 0.3 is 0 Å². The molecule has 88 valence electrons. The Hall–Kier alpha value is -1.16. The highest BCUT2D eigenvalue weighted by molar-refractivity contribution is 8.00. The van der Waals surface area contributed by atoms with Gasteiger partial charge in [-0.1, -0.05) is 13.0 Å². The van der Waals surface area contributed by atoms with Crippen molar-refractivity contribution in [1.82, 2.24) is 5.32 Å². The van der Waals surface area contributed by atoms with Crippen LogP contribution in [0.4, 0.5) is 0 Å². The van der Waals surface area contributed by atoms with E-state index in [4.69, 9.17) is 0 Å². The molecule has 0 fully saturated rings. The van der Waals surface area contributed by atoms with Crippen LogP contribution in [0.5, 0.6) is 5.75 Å². The highest BCUT2D eigenvalue weighted by Crippen LogP contribution is 2.21. The molecule has 0 aliphatic rings. The molecular weight excluding hydrogens is 222 g/mol. The van der Waals surface area contributed by atoms with E-state index in [0.29, 0.717) is 5.75 Å². The largest absolute Gasteiger partial charge is 0.508 e. The number of thioether (sulfide) groups is 1. The smallest absolute Gasteiger partial charge is 0.230 e. The minimum atomic E-state index is 0.0303. The molecule has 1 aromatic rings. The summed E-state index contributed by atoms with van der Waals surface area (Å²) in [6.07, 6.45) is 0.933. The molecule has 1 atom stereocenters. The van der Waals surface area contributed by atoms with Gasteiger partial charge in [-0.3, -0.25) is 4.79 Å². The molecule has 1 unspecified atom stereocenters. The Morgan fingerprint density at radius 3 is 2.94 bits per heavy atom. The Balaban J connectivity index is 2.37. The first-order valence-electron chi connectivity index (χ1n) is 5.33. The predicted molar refractivity (Wildman–Crippen MR) is 66.7 cm³/mol. The third kappa shape index (κ3) is 4.57. The number of carbonyl (C=O) groups excluding carboxylic acids is 1. The second kappa shape index (κ2) is 6.43. The summed E-state index contributed by atoms with van der Waals surface area (Å²) in [5, 5.41) is 12.1. The van der Waals surface area contributed by atoms with Gasteiger partial charge in [0.2, 0.25) is 5.91 Å². The number of phenols is 1. The third-order valence-electron chi connectivity index (χ3n) is 2.21. The molecule has 0 aliphatic carbocycles. The molecule has 0 bridgehead atoms. The molecule has 0 aliphatic heterocycles. The van der Waals surface area contributed by atoms with Crippen molar-refractivity contribution in [3.63, 3.8) is 0 Å². The Labute approximate surface area is 100 Å². The summed E-state index contributed by atoms with van der Waals surface area (Å²) in [6.45, 7) is 4.02. The van der Waals surface area contributed by atoms with Gasteiger partial charge in [0.1, 0.15) is 5.75 Å². The van der Waals surface area contributed by atoms with E-state index in [1.54, 1.807) is 18.2 Å². The first-order chi connectivity index (χ1) is 7.61. The van der Waals surface area contributed by atoms with Crippen LogP contribution < -0.4 is 5.32 Å². The average Bonchev–Trinajstić information content (AvgIpc) is 2.26. The highest BCUT2D eigenvalue weighted by Gasteiger charge is 2.06. The standard InChI is InChI=1S/C12H17NO2S/c1-3-9(2)13-12(15)8-16-11-6-4-5-10(14)7-11/h4-7,9,14H,3,8H2,1-2H3,(H,13,15). The van der Waals surface area contributed by atoms with Gasteiger partial charge in [-0.2, -0.15) is 0 Å². The first-order valence-corrected chi connectivity index (χ1v) is 6.31. The van der Waals surface area contributed by atoms with Crippen molar-refractivity contribution in [3.8, 4) is 5.75 Å². The topological polar surface area (TPSA) is 49.3 Å². The number of amides is 1. The molecule has 0 saturated heterocycles. The van der Waals surface area contributed by atoms with Crippen molar-refractivity contribution < 1.29 is 9.90 Å². The molecule has 3 nitrogen and oxygen atoms in total. The van der Waals surface area contributed by atoms with Gasteiger partial charge in [-0.25, -0.2) is 0 Å². The van der Waals surface area contributed by atoms with Crippen LogP contribution in [-0.2, 0) is 4.79 Å². The Morgan fingerprint density at radius 2 is 2.31 bits per heavy atom. The summed E-state index contributed by atoms with van der Waals surface area (Å²) in [7, 11) is 0. The number of benzene rings is 1. The molecular formula is C12H17NO2S. The molecule has 0 aromatic heterocycles. The zero-order valence-electron chi connectivity index (χ0n) is 9.56. The lowest BCUT2D eigenvalue weighted by molar-refractivity contribution is -0.119. The van der Waals surface area contributed by atoms with Crippen LogP contribution in [0, 0.1) is 0 Å². The lowest BCUT2D eigenvalue weighted by atomic mass is 10.3. The van der Waals surface area contributed by atoms with Crippen molar-refractivity contribution in [2.45, 2.75) is 31.2 Å². The molecule has 16 heavy (non-hydrogen) atoms. The van der Waals surface area contributed by atoms with Crippen LogP contribution >= 0.6 is 11.8 Å². The van der Waals surface area contributed by atoms with Crippen LogP contribution in [0.1, 0.15) is 20.3 Å². The van der Waals surface area contributed by atoms with Crippen LogP contribution in [0.25, 0.3) is 0 Å². The van der Waals surface area contributed by atoms with Gasteiger partial charge in [-0.05, 0) is 31.5 Å². The SMILES string of the molecule is CCC(C)NC(=O)CSc1cccc(O)c1. The van der Waals surface area contributed by atoms with Crippen molar-refractivity contribution in [2.75, 3.05) is 5.75 Å². The Bertz CT molecular complexity index is 355. The van der Waals surface area contributed by atoms with Gasteiger partial charge in [0.15, 0.2) is 0 Å². The summed E-state index contributed by atoms with van der Waals surface area (Å²) >= 11 is 1.42. The highest BCUT2D eigenvalue weighted by atomic mass is 32.2. The summed E-state index contributed by atoms with van der Waals surface area (Å²) in [5.74, 6) is 0.642. The molecule has 0 radical (unpaired) electrons. The quantitative estimate of drug-likeness (QED) is 0.776. The lowest BCUT2D eigenvalue weighted by Crippen LogP contribution is -2.33. The minimum absolute atomic E-state index is 0.0303. The second-order valence-corrected chi connectivity index (χ2v) is 4.71. The molecule has 0 saturated carbocycles. The number of nitrogens with one attached hydrogen (secondary N) is 1. The molecule has 0 heterocycles. The number of aromatic hydroxyl groups is 1. The van der Waals surface area contributed by atoms with Crippen LogP contribution in [-0.4, -0.2) is 22.8 Å². The minimum Gasteiger partial charge on any atom is -0.508 e. The van der Waals surface area contributed by atoms with Crippen molar-refractivity contribution in [3.05, 3.63) is 24.3 Å². The Kier molecular flexibility index (Phi) is 5.19. The van der Waals surface area contributed by atoms with Gasteiger partial charge in [0.05, 0.1) is 5.75 Å². The molecule has 1 aromatic carbocycles. The molecule has 0 spiro atoms. The van der Waals surface area contributed by atoms with Crippen LogP contribution in [0.15, 0.2) is 29.2 Å². The van der Waals surface area contributed by atoms with Gasteiger partial charge < -0.3 is 10.4 Å². The van der Waals surface area contributed by atoms with E-state index < -0.39 is 0 Å². The summed E-state index contributed by atoms with van der Waals surface area (Å²) in [5.41, 5.74) is 0. The maximum Gasteiger partial charge on any atom is 0.230 e. The van der Waals surface area contributed by atoms with Crippen LogP contribution in [0.3, 0.4) is 0 Å². The van der Waals surface area contributed by atoms with Crippen molar-refractivity contribution in [1.29, 1.82) is 0 Å². The van der Waals surface area contributed by atoms with Gasteiger partial charge in [0, 0.05) is 10.9 Å². The Morgan fingerprint density at radius 1 is 1.56 bits per heavy atom. The van der Waals surface area contributed by atoms with Crippen molar-refractivity contribution >= 4 is 17.7 Å². The fourth-order valence-electron chi connectivity index (χ4n) is 1.14. The zero-order chi connectivity index (χ0) is 12.0. The molecule has 1 amide bonds. The third-order valence-corrected chi connectivity index (χ3v) is 3.20. The molecule has 2 N–H and O–H groups in total. The zero-order valence-corrected chi connectivity index (χ0v) is 10.4. The maximum atomic E-state index is 11.5. The monoisotopic (exact) mass is 239 g/mol. The summed E-state index contributed by atoms with van der Waals surface area (Å²) < 4.78 is 0. The predicted octanol–water partition coefficient (Wildman–Crippen LogP) is 2.40. The normalized spacial score (nSPS) is 12.1. The number of hydrogen-bond donors (Lipinski definition) is 2. The molecule has 4 heteroatoms.